The minimum Gasteiger partial charge on any atom is -0.324 e. The summed E-state index contributed by atoms with van der Waals surface area (Å²) in [6.07, 6.45) is 0. The van der Waals surface area contributed by atoms with Crippen LogP contribution >= 0.6 is 11.6 Å². The Bertz CT molecular complexity index is 478. The molecule has 2 aromatic rings. The number of benzene rings is 1. The van der Waals surface area contributed by atoms with Crippen molar-refractivity contribution in [3.8, 4) is 0 Å². The van der Waals surface area contributed by atoms with Gasteiger partial charge in [0.1, 0.15) is 0 Å². The average Bonchev–Trinajstić information content (AvgIpc) is 2.51. The highest BCUT2D eigenvalue weighted by Crippen LogP contribution is 2.14. The Hall–Kier alpha value is -1.92. The third-order valence-electron chi connectivity index (χ3n) is 1.77. The third-order valence-corrected chi connectivity index (χ3v) is 1.94. The predicted octanol–water partition coefficient (Wildman–Crippen LogP) is 3.61. The first-order chi connectivity index (χ1) is 9.78. The lowest BCUT2D eigenvalue weighted by Crippen LogP contribution is -2.12. The summed E-state index contributed by atoms with van der Waals surface area (Å²) in [6, 6.07) is 9.47. The number of nitrogens with one attached hydrogen (secondary N) is 2. The van der Waals surface area contributed by atoms with E-state index in [2.05, 4.69) is 25.7 Å². The molecule has 1 heterocycles. The quantitative estimate of drug-likeness (QED) is 0.592. The molecule has 2 rings (SSSR count). The zero-order valence-corrected chi connectivity index (χ0v) is 12.9. The highest BCUT2D eigenvalue weighted by atomic mass is 35.5. The Morgan fingerprint density at radius 1 is 0.900 bits per heavy atom. The number of rotatable bonds is 3. The highest BCUT2D eigenvalue weighted by Gasteiger charge is 2.03. The van der Waals surface area contributed by atoms with Gasteiger partial charge in [0.15, 0.2) is 0 Å². The van der Waals surface area contributed by atoms with Gasteiger partial charge >= 0.3 is 0 Å². The Balaban J connectivity index is 0.000000829. The summed E-state index contributed by atoms with van der Waals surface area (Å²) in [6.45, 7) is 8.00. The van der Waals surface area contributed by atoms with Gasteiger partial charge in [-0.1, -0.05) is 45.9 Å². The highest BCUT2D eigenvalue weighted by molar-refractivity contribution is 6.28. The van der Waals surface area contributed by atoms with Crippen LogP contribution in [0.2, 0.25) is 5.28 Å². The second kappa shape index (κ2) is 11.0. The summed E-state index contributed by atoms with van der Waals surface area (Å²) in [4.78, 5) is 11.7. The standard InChI is InChI=1S/C9H9ClN6.2C2H6/c10-7-13-8(15-9(14-7)16-11)12-6-4-2-1-3-5-6;2*1-2/h1-5H,11H2,(H2,12,13,14,15,16);2*1-2H3. The first-order valence-electron chi connectivity index (χ1n) is 6.48. The van der Waals surface area contributed by atoms with Crippen LogP contribution in [-0.2, 0) is 0 Å². The van der Waals surface area contributed by atoms with E-state index in [0.29, 0.717) is 5.95 Å². The van der Waals surface area contributed by atoms with Gasteiger partial charge in [-0.15, -0.1) is 0 Å². The molecule has 0 radical (unpaired) electrons. The lowest BCUT2D eigenvalue weighted by molar-refractivity contribution is 1.04. The van der Waals surface area contributed by atoms with Crippen LogP contribution in [0.3, 0.4) is 0 Å². The molecule has 0 amide bonds. The Morgan fingerprint density at radius 2 is 1.45 bits per heavy atom. The van der Waals surface area contributed by atoms with Crippen molar-refractivity contribution < 1.29 is 0 Å². The molecule has 0 spiro atoms. The molecule has 0 aliphatic carbocycles. The maximum atomic E-state index is 5.70. The van der Waals surface area contributed by atoms with Crippen molar-refractivity contribution >= 4 is 29.2 Å². The second-order valence-corrected chi connectivity index (χ2v) is 3.23. The van der Waals surface area contributed by atoms with E-state index in [4.69, 9.17) is 17.4 Å². The van der Waals surface area contributed by atoms with Gasteiger partial charge in [0.25, 0.3) is 0 Å². The molecule has 0 saturated heterocycles. The first kappa shape index (κ1) is 18.1. The third kappa shape index (κ3) is 6.31. The van der Waals surface area contributed by atoms with Crippen LogP contribution in [-0.4, -0.2) is 15.0 Å². The Morgan fingerprint density at radius 3 is 2.00 bits per heavy atom. The van der Waals surface area contributed by atoms with Crippen molar-refractivity contribution in [1.29, 1.82) is 0 Å². The minimum absolute atomic E-state index is 0.0707. The smallest absolute Gasteiger partial charge is 0.243 e. The van der Waals surface area contributed by atoms with Crippen LogP contribution in [0.5, 0.6) is 0 Å². The van der Waals surface area contributed by atoms with E-state index in [1.54, 1.807) is 0 Å². The molecule has 1 aromatic heterocycles. The van der Waals surface area contributed by atoms with Crippen molar-refractivity contribution in [2.45, 2.75) is 27.7 Å². The fraction of sp³-hybridized carbons (Fsp3) is 0.308. The van der Waals surface area contributed by atoms with Gasteiger partial charge in [0.05, 0.1) is 0 Å². The van der Waals surface area contributed by atoms with Gasteiger partial charge in [0, 0.05) is 5.69 Å². The molecule has 0 unspecified atom stereocenters. The van der Waals surface area contributed by atoms with Crippen LogP contribution in [0.4, 0.5) is 17.6 Å². The van der Waals surface area contributed by atoms with Crippen molar-refractivity contribution in [3.63, 3.8) is 0 Å². The zero-order chi connectivity index (χ0) is 15.4. The molecule has 0 aliphatic rings. The molecule has 6 nitrogen and oxygen atoms in total. The number of hydrazine groups is 1. The van der Waals surface area contributed by atoms with E-state index in [9.17, 15) is 0 Å². The molecule has 7 heteroatoms. The number of nitrogens with two attached hydrogens (primary N) is 1. The van der Waals surface area contributed by atoms with E-state index < -0.39 is 0 Å². The monoisotopic (exact) mass is 296 g/mol. The van der Waals surface area contributed by atoms with E-state index in [1.165, 1.54) is 0 Å². The molecule has 110 valence electrons. The predicted molar refractivity (Wildman–Crippen MR) is 85.1 cm³/mol. The summed E-state index contributed by atoms with van der Waals surface area (Å²) in [7, 11) is 0. The number of halogens is 1. The van der Waals surface area contributed by atoms with Crippen LogP contribution in [0.15, 0.2) is 30.3 Å². The fourth-order valence-corrected chi connectivity index (χ4v) is 1.28. The largest absolute Gasteiger partial charge is 0.324 e. The molecule has 0 aliphatic heterocycles. The van der Waals surface area contributed by atoms with Crippen molar-refractivity contribution in [2.24, 2.45) is 5.84 Å². The lowest BCUT2D eigenvalue weighted by atomic mass is 10.3. The molecule has 0 saturated carbocycles. The van der Waals surface area contributed by atoms with Gasteiger partial charge in [-0.3, -0.25) is 5.43 Å². The number of aromatic nitrogens is 3. The van der Waals surface area contributed by atoms with E-state index in [-0.39, 0.29) is 11.2 Å². The van der Waals surface area contributed by atoms with Crippen LogP contribution < -0.4 is 16.6 Å². The van der Waals surface area contributed by atoms with E-state index in [0.717, 1.165) is 5.69 Å². The minimum atomic E-state index is 0.0707. The topological polar surface area (TPSA) is 88.8 Å². The van der Waals surface area contributed by atoms with Gasteiger partial charge < -0.3 is 5.32 Å². The molecule has 1 aromatic carbocycles. The van der Waals surface area contributed by atoms with Gasteiger partial charge in [-0.2, -0.15) is 15.0 Å². The van der Waals surface area contributed by atoms with Gasteiger partial charge in [-0.05, 0) is 23.7 Å². The van der Waals surface area contributed by atoms with Crippen LogP contribution in [0.1, 0.15) is 27.7 Å². The molecule has 0 atom stereocenters. The number of para-hydroxylation sites is 1. The molecular weight excluding hydrogens is 276 g/mol. The van der Waals surface area contributed by atoms with Crippen molar-refractivity contribution in [1.82, 2.24) is 15.0 Å². The SMILES string of the molecule is CC.CC.NNc1nc(Cl)nc(Nc2ccccc2)n1. The average molecular weight is 297 g/mol. The molecule has 0 fully saturated rings. The fourth-order valence-electron chi connectivity index (χ4n) is 1.12. The number of nitrogens with zero attached hydrogens (tertiary/aromatic N) is 3. The van der Waals surface area contributed by atoms with Crippen LogP contribution in [0, 0.1) is 0 Å². The first-order valence-corrected chi connectivity index (χ1v) is 6.86. The van der Waals surface area contributed by atoms with E-state index in [1.807, 2.05) is 58.0 Å². The maximum Gasteiger partial charge on any atom is 0.243 e. The zero-order valence-electron chi connectivity index (χ0n) is 12.2. The van der Waals surface area contributed by atoms with Crippen LogP contribution in [0.25, 0.3) is 0 Å². The number of anilines is 3. The van der Waals surface area contributed by atoms with Crippen molar-refractivity contribution in [2.75, 3.05) is 10.7 Å². The molecular formula is C13H21ClN6. The molecule has 4 N–H and O–H groups in total. The normalized spacial score (nSPS) is 8.50. The number of hydrogen-bond donors (Lipinski definition) is 3. The van der Waals surface area contributed by atoms with Gasteiger partial charge in [0.2, 0.25) is 17.2 Å². The summed E-state index contributed by atoms with van der Waals surface area (Å²) in [5, 5.41) is 3.05. The van der Waals surface area contributed by atoms with E-state index >= 15 is 0 Å². The number of hydrogen-bond acceptors (Lipinski definition) is 6. The second-order valence-electron chi connectivity index (χ2n) is 2.89. The summed E-state index contributed by atoms with van der Waals surface area (Å²) in [5.74, 6) is 5.73. The Kier molecular flexibility index (Phi) is 9.90. The summed E-state index contributed by atoms with van der Waals surface area (Å²) >= 11 is 5.70. The maximum absolute atomic E-state index is 5.70. The molecule has 20 heavy (non-hydrogen) atoms. The lowest BCUT2D eigenvalue weighted by Gasteiger charge is -2.05. The van der Waals surface area contributed by atoms with Crippen molar-refractivity contribution in [3.05, 3.63) is 35.6 Å². The summed E-state index contributed by atoms with van der Waals surface area (Å²) < 4.78 is 0. The number of nitrogen functional groups attached to an aromatic ring is 1. The van der Waals surface area contributed by atoms with Gasteiger partial charge in [-0.25, -0.2) is 5.84 Å². The summed E-state index contributed by atoms with van der Waals surface area (Å²) in [5.41, 5.74) is 3.16. The molecule has 0 bridgehead atoms. The Labute approximate surface area is 124 Å².